The Morgan fingerprint density at radius 2 is 2.08 bits per heavy atom. The van der Waals surface area contributed by atoms with Crippen molar-refractivity contribution >= 4 is 5.91 Å². The molecule has 0 aromatic carbocycles. The van der Waals surface area contributed by atoms with Crippen LogP contribution < -0.4 is 0 Å². The number of aryl methyl sites for hydroxylation is 1. The second-order valence-corrected chi connectivity index (χ2v) is 8.11. The fourth-order valence-corrected chi connectivity index (χ4v) is 3.50. The summed E-state index contributed by atoms with van der Waals surface area (Å²) in [6.07, 6.45) is 1.56. The van der Waals surface area contributed by atoms with Crippen molar-refractivity contribution in [2.75, 3.05) is 13.1 Å². The number of amides is 1. The summed E-state index contributed by atoms with van der Waals surface area (Å²) >= 11 is 0. The van der Waals surface area contributed by atoms with E-state index in [-0.39, 0.29) is 11.8 Å². The molecule has 0 saturated carbocycles. The van der Waals surface area contributed by atoms with Gasteiger partial charge in [0, 0.05) is 25.6 Å². The van der Waals surface area contributed by atoms with Crippen LogP contribution >= 0.6 is 0 Å². The van der Waals surface area contributed by atoms with Crippen LogP contribution in [0, 0.1) is 11.8 Å². The van der Waals surface area contributed by atoms with Gasteiger partial charge in [0.05, 0.1) is 11.3 Å². The van der Waals surface area contributed by atoms with Crippen molar-refractivity contribution in [1.82, 2.24) is 14.7 Å². The van der Waals surface area contributed by atoms with Crippen molar-refractivity contribution in [3.63, 3.8) is 0 Å². The first kappa shape index (κ1) is 19.0. The molecule has 24 heavy (non-hydrogen) atoms. The van der Waals surface area contributed by atoms with Gasteiger partial charge in [-0.2, -0.15) is 5.10 Å². The molecular weight excluding hydrogens is 302 g/mol. The number of nitrogens with zero attached hydrogens (tertiary/aromatic N) is 3. The Hall–Kier alpha value is -1.36. The summed E-state index contributed by atoms with van der Waals surface area (Å²) in [5, 5.41) is 15.2. The molecule has 0 bridgehead atoms. The standard InChI is InChI=1S/C19H33N3O2/c1-7-22-17(11-16(20-22)14(4)5)18(23)21-9-8-19(6,24)15(12-21)10-13(2)3/h11,13-15,24H,7-10,12H2,1-6H3/t15-,19+/m0/s1. The highest BCUT2D eigenvalue weighted by atomic mass is 16.3. The quantitative estimate of drug-likeness (QED) is 0.898. The van der Waals surface area contributed by atoms with Crippen LogP contribution in [-0.2, 0) is 6.54 Å². The van der Waals surface area contributed by atoms with E-state index in [1.807, 2.05) is 29.5 Å². The summed E-state index contributed by atoms with van der Waals surface area (Å²) in [6, 6.07) is 1.93. The van der Waals surface area contributed by atoms with Crippen molar-refractivity contribution in [1.29, 1.82) is 0 Å². The lowest BCUT2D eigenvalue weighted by molar-refractivity contribution is -0.0578. The minimum absolute atomic E-state index is 0.0421. The van der Waals surface area contributed by atoms with Crippen molar-refractivity contribution < 1.29 is 9.90 Å². The number of hydrogen-bond acceptors (Lipinski definition) is 3. The largest absolute Gasteiger partial charge is 0.390 e. The highest BCUT2D eigenvalue weighted by Crippen LogP contribution is 2.33. The second-order valence-electron chi connectivity index (χ2n) is 8.11. The topological polar surface area (TPSA) is 58.4 Å². The molecule has 2 rings (SSSR count). The zero-order valence-corrected chi connectivity index (χ0v) is 16.0. The molecule has 1 aromatic heterocycles. The van der Waals surface area contributed by atoms with Crippen molar-refractivity contribution in [3.05, 3.63) is 17.5 Å². The first-order valence-corrected chi connectivity index (χ1v) is 9.25. The molecule has 2 heterocycles. The summed E-state index contributed by atoms with van der Waals surface area (Å²) in [5.74, 6) is 0.976. The number of rotatable bonds is 5. The van der Waals surface area contributed by atoms with Gasteiger partial charge in [-0.3, -0.25) is 9.48 Å². The average Bonchev–Trinajstić information content (AvgIpc) is 2.92. The zero-order valence-electron chi connectivity index (χ0n) is 16.0. The van der Waals surface area contributed by atoms with Crippen LogP contribution in [0.4, 0.5) is 0 Å². The molecular formula is C19H33N3O2. The molecule has 1 aliphatic rings. The van der Waals surface area contributed by atoms with Gasteiger partial charge < -0.3 is 10.0 Å². The molecule has 1 aliphatic heterocycles. The lowest BCUT2D eigenvalue weighted by Gasteiger charge is -2.43. The maximum Gasteiger partial charge on any atom is 0.272 e. The van der Waals surface area contributed by atoms with Gasteiger partial charge in [0.1, 0.15) is 5.69 Å². The maximum atomic E-state index is 13.0. The van der Waals surface area contributed by atoms with E-state index in [0.717, 1.165) is 12.1 Å². The van der Waals surface area contributed by atoms with E-state index in [2.05, 4.69) is 32.8 Å². The van der Waals surface area contributed by atoms with Gasteiger partial charge >= 0.3 is 0 Å². The van der Waals surface area contributed by atoms with E-state index in [1.54, 1.807) is 0 Å². The number of likely N-dealkylation sites (tertiary alicyclic amines) is 1. The van der Waals surface area contributed by atoms with Crippen LogP contribution in [0.25, 0.3) is 0 Å². The number of carbonyl (C=O) groups excluding carboxylic acids is 1. The molecule has 1 amide bonds. The van der Waals surface area contributed by atoms with Crippen molar-refractivity contribution in [2.24, 2.45) is 11.8 Å². The Kier molecular flexibility index (Phi) is 5.74. The predicted molar refractivity (Wildman–Crippen MR) is 96.1 cm³/mol. The molecule has 1 fully saturated rings. The SMILES string of the molecule is CCn1nc(C(C)C)cc1C(=O)N1CC[C@@](C)(O)[C@@H](CC(C)C)C1. The van der Waals surface area contributed by atoms with Gasteiger partial charge in [-0.15, -0.1) is 0 Å². The van der Waals surface area contributed by atoms with Crippen molar-refractivity contribution in [2.45, 2.75) is 72.4 Å². The second kappa shape index (κ2) is 7.26. The Morgan fingerprint density at radius 3 is 2.62 bits per heavy atom. The molecule has 5 heteroatoms. The number of hydrogen-bond donors (Lipinski definition) is 1. The minimum atomic E-state index is -0.685. The van der Waals surface area contributed by atoms with E-state index < -0.39 is 5.60 Å². The van der Waals surface area contributed by atoms with Gasteiger partial charge in [-0.05, 0) is 44.6 Å². The van der Waals surface area contributed by atoms with Crippen LogP contribution in [0.3, 0.4) is 0 Å². The van der Waals surface area contributed by atoms with Gasteiger partial charge in [0.15, 0.2) is 0 Å². The molecule has 2 atom stereocenters. The monoisotopic (exact) mass is 335 g/mol. The average molecular weight is 335 g/mol. The smallest absolute Gasteiger partial charge is 0.272 e. The van der Waals surface area contributed by atoms with E-state index in [0.29, 0.717) is 43.6 Å². The van der Waals surface area contributed by atoms with Crippen LogP contribution in [0.5, 0.6) is 0 Å². The predicted octanol–water partition coefficient (Wildman–Crippen LogP) is 3.29. The van der Waals surface area contributed by atoms with Crippen molar-refractivity contribution in [3.8, 4) is 0 Å². The summed E-state index contributed by atoms with van der Waals surface area (Å²) in [7, 11) is 0. The first-order chi connectivity index (χ1) is 11.2. The fraction of sp³-hybridized carbons (Fsp3) is 0.789. The highest BCUT2D eigenvalue weighted by molar-refractivity contribution is 5.92. The molecule has 5 nitrogen and oxygen atoms in total. The summed E-state index contributed by atoms with van der Waals surface area (Å²) in [5.41, 5.74) is 0.948. The molecule has 0 unspecified atom stereocenters. The Morgan fingerprint density at radius 1 is 1.42 bits per heavy atom. The van der Waals surface area contributed by atoms with Crippen LogP contribution in [-0.4, -0.2) is 44.4 Å². The number of piperidine rings is 1. The third kappa shape index (κ3) is 4.00. The lowest BCUT2D eigenvalue weighted by atomic mass is 9.78. The Bertz CT molecular complexity index is 575. The lowest BCUT2D eigenvalue weighted by Crippen LogP contribution is -2.52. The van der Waals surface area contributed by atoms with Crippen LogP contribution in [0.1, 0.15) is 76.5 Å². The first-order valence-electron chi connectivity index (χ1n) is 9.25. The van der Waals surface area contributed by atoms with Gasteiger partial charge in [0.25, 0.3) is 5.91 Å². The Labute approximate surface area is 146 Å². The van der Waals surface area contributed by atoms with E-state index in [4.69, 9.17) is 0 Å². The summed E-state index contributed by atoms with van der Waals surface area (Å²) in [4.78, 5) is 14.9. The molecule has 1 saturated heterocycles. The van der Waals surface area contributed by atoms with Crippen LogP contribution in [0.15, 0.2) is 6.07 Å². The zero-order chi connectivity index (χ0) is 18.1. The third-order valence-electron chi connectivity index (χ3n) is 5.16. The molecule has 0 aliphatic carbocycles. The molecule has 0 radical (unpaired) electrons. The maximum absolute atomic E-state index is 13.0. The summed E-state index contributed by atoms with van der Waals surface area (Å²) in [6.45, 7) is 14.3. The van der Waals surface area contributed by atoms with Crippen LogP contribution in [0.2, 0.25) is 0 Å². The van der Waals surface area contributed by atoms with Gasteiger partial charge in [-0.25, -0.2) is 0 Å². The van der Waals surface area contributed by atoms with Gasteiger partial charge in [0.2, 0.25) is 0 Å². The van der Waals surface area contributed by atoms with E-state index >= 15 is 0 Å². The summed E-state index contributed by atoms with van der Waals surface area (Å²) < 4.78 is 1.81. The number of aromatic nitrogens is 2. The molecule has 1 N–H and O–H groups in total. The molecule has 1 aromatic rings. The molecule has 136 valence electrons. The highest BCUT2D eigenvalue weighted by Gasteiger charge is 2.39. The van der Waals surface area contributed by atoms with E-state index in [1.165, 1.54) is 0 Å². The van der Waals surface area contributed by atoms with Gasteiger partial charge in [-0.1, -0.05) is 27.7 Å². The third-order valence-corrected chi connectivity index (χ3v) is 5.16. The fourth-order valence-electron chi connectivity index (χ4n) is 3.50. The molecule has 0 spiro atoms. The number of aliphatic hydroxyl groups is 1. The normalized spacial score (nSPS) is 24.9. The minimum Gasteiger partial charge on any atom is -0.390 e. The van der Waals surface area contributed by atoms with E-state index in [9.17, 15) is 9.90 Å². The Balaban J connectivity index is 2.21. The number of carbonyl (C=O) groups is 1.